The van der Waals surface area contributed by atoms with Gasteiger partial charge in [-0.1, -0.05) is 22.0 Å². The van der Waals surface area contributed by atoms with Gasteiger partial charge in [0.25, 0.3) is 0 Å². The van der Waals surface area contributed by atoms with Crippen molar-refractivity contribution in [2.24, 2.45) is 0 Å². The molecule has 0 bridgehead atoms. The van der Waals surface area contributed by atoms with Crippen LogP contribution in [0.2, 0.25) is 0 Å². The summed E-state index contributed by atoms with van der Waals surface area (Å²) in [4.78, 5) is 13.0. The molecule has 0 radical (unpaired) electrons. The second-order valence-corrected chi connectivity index (χ2v) is 4.74. The van der Waals surface area contributed by atoms with Crippen molar-refractivity contribution in [3.8, 4) is 6.07 Å². The molecule has 17 heavy (non-hydrogen) atoms. The molecule has 1 N–H and O–H groups in total. The first kappa shape index (κ1) is 13.5. The number of nitrogens with zero attached hydrogens (tertiary/aromatic N) is 2. The minimum absolute atomic E-state index is 0.0703. The van der Waals surface area contributed by atoms with Crippen LogP contribution in [0.1, 0.15) is 6.42 Å². The maximum atomic E-state index is 11.5. The molecule has 1 atom stereocenters. The highest BCUT2D eigenvalue weighted by atomic mass is 79.9. The molecular formula is C12H14BrN3O. The molecule has 4 nitrogen and oxygen atoms in total. The van der Waals surface area contributed by atoms with Crippen molar-refractivity contribution in [3.05, 3.63) is 28.7 Å². The van der Waals surface area contributed by atoms with Crippen molar-refractivity contribution in [2.45, 2.75) is 12.5 Å². The fraction of sp³-hybridized carbons (Fsp3) is 0.333. The lowest BCUT2D eigenvalue weighted by molar-refractivity contribution is -0.128. The standard InChI is InChI=1S/C12H14BrN3O/c1-16(2)12(17)7-11(8-14)15-10-5-3-4-9(13)6-10/h3-6,11,15H,7H2,1-2H3. The van der Waals surface area contributed by atoms with E-state index in [1.807, 2.05) is 24.3 Å². The first-order chi connectivity index (χ1) is 8.02. The third-order valence-electron chi connectivity index (χ3n) is 2.20. The fourth-order valence-corrected chi connectivity index (χ4v) is 1.66. The normalized spacial score (nSPS) is 11.4. The van der Waals surface area contributed by atoms with Gasteiger partial charge in [-0.05, 0) is 18.2 Å². The van der Waals surface area contributed by atoms with Crippen LogP contribution in [0.15, 0.2) is 28.7 Å². The average Bonchev–Trinajstić information content (AvgIpc) is 2.27. The zero-order valence-electron chi connectivity index (χ0n) is 9.77. The number of carbonyl (C=O) groups excluding carboxylic acids is 1. The van der Waals surface area contributed by atoms with Crippen molar-refractivity contribution in [1.29, 1.82) is 5.26 Å². The molecular weight excluding hydrogens is 282 g/mol. The minimum Gasteiger partial charge on any atom is -0.369 e. The quantitative estimate of drug-likeness (QED) is 0.927. The predicted octanol–water partition coefficient (Wildman–Crippen LogP) is 2.23. The number of rotatable bonds is 4. The highest BCUT2D eigenvalue weighted by molar-refractivity contribution is 9.10. The van der Waals surface area contributed by atoms with Gasteiger partial charge in [0, 0.05) is 24.3 Å². The van der Waals surface area contributed by atoms with Gasteiger partial charge in [-0.15, -0.1) is 0 Å². The van der Waals surface area contributed by atoms with Crippen LogP contribution in [0.4, 0.5) is 5.69 Å². The average molecular weight is 296 g/mol. The number of benzene rings is 1. The van der Waals surface area contributed by atoms with Crippen LogP contribution in [-0.2, 0) is 4.79 Å². The number of nitriles is 1. The molecule has 1 rings (SSSR count). The summed E-state index contributed by atoms with van der Waals surface area (Å²) in [7, 11) is 3.35. The van der Waals surface area contributed by atoms with Gasteiger partial charge >= 0.3 is 0 Å². The summed E-state index contributed by atoms with van der Waals surface area (Å²) in [5.74, 6) is -0.0703. The van der Waals surface area contributed by atoms with Crippen LogP contribution >= 0.6 is 15.9 Å². The van der Waals surface area contributed by atoms with Crippen LogP contribution in [0.25, 0.3) is 0 Å². The maximum absolute atomic E-state index is 11.5. The number of hydrogen-bond acceptors (Lipinski definition) is 3. The maximum Gasteiger partial charge on any atom is 0.225 e. The van der Waals surface area contributed by atoms with Crippen molar-refractivity contribution in [1.82, 2.24) is 4.90 Å². The van der Waals surface area contributed by atoms with E-state index in [4.69, 9.17) is 5.26 Å². The topological polar surface area (TPSA) is 56.1 Å². The van der Waals surface area contributed by atoms with Gasteiger partial charge in [-0.3, -0.25) is 4.79 Å². The molecule has 0 aromatic heterocycles. The summed E-state index contributed by atoms with van der Waals surface area (Å²) < 4.78 is 0.929. The molecule has 0 aliphatic rings. The Bertz CT molecular complexity index is 440. The van der Waals surface area contributed by atoms with Gasteiger partial charge < -0.3 is 10.2 Å². The van der Waals surface area contributed by atoms with Crippen LogP contribution in [0.3, 0.4) is 0 Å². The summed E-state index contributed by atoms with van der Waals surface area (Å²) in [6, 6.07) is 9.06. The first-order valence-corrected chi connectivity index (χ1v) is 5.94. The number of hydrogen-bond donors (Lipinski definition) is 1. The molecule has 1 unspecified atom stereocenters. The third kappa shape index (κ3) is 4.45. The fourth-order valence-electron chi connectivity index (χ4n) is 1.27. The number of amides is 1. The largest absolute Gasteiger partial charge is 0.369 e. The molecule has 0 saturated carbocycles. The lowest BCUT2D eigenvalue weighted by atomic mass is 10.2. The van der Waals surface area contributed by atoms with E-state index in [9.17, 15) is 4.79 Å². The van der Waals surface area contributed by atoms with E-state index in [-0.39, 0.29) is 12.3 Å². The van der Waals surface area contributed by atoms with Gasteiger partial charge in [-0.25, -0.2) is 0 Å². The Kier molecular flexibility index (Phi) is 4.98. The minimum atomic E-state index is -0.515. The van der Waals surface area contributed by atoms with E-state index in [1.165, 1.54) is 4.90 Å². The Hall–Kier alpha value is -1.54. The Morgan fingerprint density at radius 3 is 2.82 bits per heavy atom. The summed E-state index contributed by atoms with van der Waals surface area (Å²) in [6.45, 7) is 0. The number of halogens is 1. The summed E-state index contributed by atoms with van der Waals surface area (Å²) in [6.07, 6.45) is 0.163. The number of nitrogens with one attached hydrogen (secondary N) is 1. The van der Waals surface area contributed by atoms with Crippen molar-refractivity contribution in [3.63, 3.8) is 0 Å². The van der Waals surface area contributed by atoms with Crippen molar-refractivity contribution < 1.29 is 4.79 Å². The van der Waals surface area contributed by atoms with Crippen LogP contribution < -0.4 is 5.32 Å². The van der Waals surface area contributed by atoms with Gasteiger partial charge in [0.2, 0.25) is 5.91 Å². The van der Waals surface area contributed by atoms with Crippen molar-refractivity contribution in [2.75, 3.05) is 19.4 Å². The molecule has 0 aliphatic heterocycles. The molecule has 90 valence electrons. The monoisotopic (exact) mass is 295 g/mol. The van der Waals surface area contributed by atoms with E-state index in [2.05, 4.69) is 27.3 Å². The van der Waals surface area contributed by atoms with E-state index in [0.29, 0.717) is 0 Å². The number of anilines is 1. The molecule has 5 heteroatoms. The molecule has 0 fully saturated rings. The Balaban J connectivity index is 2.65. The Labute approximate surface area is 109 Å². The zero-order valence-corrected chi connectivity index (χ0v) is 11.4. The van der Waals surface area contributed by atoms with Crippen LogP contribution in [0.5, 0.6) is 0 Å². The van der Waals surface area contributed by atoms with E-state index >= 15 is 0 Å². The molecule has 1 aromatic carbocycles. The predicted molar refractivity (Wildman–Crippen MR) is 70.5 cm³/mol. The molecule has 1 amide bonds. The van der Waals surface area contributed by atoms with E-state index in [1.54, 1.807) is 14.1 Å². The Morgan fingerprint density at radius 1 is 1.59 bits per heavy atom. The summed E-state index contributed by atoms with van der Waals surface area (Å²) >= 11 is 3.35. The van der Waals surface area contributed by atoms with Crippen molar-refractivity contribution >= 4 is 27.5 Å². The van der Waals surface area contributed by atoms with Gasteiger partial charge in [0.05, 0.1) is 12.5 Å². The summed E-state index contributed by atoms with van der Waals surface area (Å²) in [5, 5.41) is 12.0. The lowest BCUT2D eigenvalue weighted by Crippen LogP contribution is -2.29. The van der Waals surface area contributed by atoms with Crippen LogP contribution in [0, 0.1) is 11.3 Å². The summed E-state index contributed by atoms with van der Waals surface area (Å²) in [5.41, 5.74) is 0.817. The Morgan fingerprint density at radius 2 is 2.29 bits per heavy atom. The van der Waals surface area contributed by atoms with E-state index < -0.39 is 6.04 Å². The van der Waals surface area contributed by atoms with Gasteiger partial charge in [0.1, 0.15) is 6.04 Å². The molecule has 1 aromatic rings. The van der Waals surface area contributed by atoms with E-state index in [0.717, 1.165) is 10.2 Å². The van der Waals surface area contributed by atoms with Gasteiger partial charge in [-0.2, -0.15) is 5.26 Å². The molecule has 0 spiro atoms. The smallest absolute Gasteiger partial charge is 0.225 e. The highest BCUT2D eigenvalue weighted by Gasteiger charge is 2.14. The second kappa shape index (κ2) is 6.26. The van der Waals surface area contributed by atoms with Gasteiger partial charge in [0.15, 0.2) is 0 Å². The lowest BCUT2D eigenvalue weighted by Gasteiger charge is -2.15. The van der Waals surface area contributed by atoms with Crippen LogP contribution in [-0.4, -0.2) is 30.9 Å². The first-order valence-electron chi connectivity index (χ1n) is 5.15. The molecule has 0 aliphatic carbocycles. The molecule has 0 saturated heterocycles. The number of carbonyl (C=O) groups is 1. The molecule has 0 heterocycles. The highest BCUT2D eigenvalue weighted by Crippen LogP contribution is 2.17. The SMILES string of the molecule is CN(C)C(=O)CC(C#N)Nc1cccc(Br)c1. The second-order valence-electron chi connectivity index (χ2n) is 3.83. The zero-order chi connectivity index (χ0) is 12.8. The third-order valence-corrected chi connectivity index (χ3v) is 2.69.